The van der Waals surface area contributed by atoms with Gasteiger partial charge in [0, 0.05) is 12.8 Å². The number of hydrogen-bond acceptors (Lipinski definition) is 4. The van der Waals surface area contributed by atoms with E-state index in [2.05, 4.69) is 21.4 Å². The lowest BCUT2D eigenvalue weighted by Crippen LogP contribution is -2.27. The normalized spacial score (nSPS) is 11.7. The third kappa shape index (κ3) is 3.95. The molecule has 1 heterocycles. The SMILES string of the molecule is CC(NC(=O)CCc1nc2ccccc2c(=O)[nH]1)c1ccc(C#N)cc1. The second-order valence-electron chi connectivity index (χ2n) is 6.05. The van der Waals surface area contributed by atoms with Crippen LogP contribution in [0.15, 0.2) is 53.3 Å². The number of nitrogens with zero attached hydrogens (tertiary/aromatic N) is 2. The number of aromatic nitrogens is 2. The fourth-order valence-corrected chi connectivity index (χ4v) is 2.73. The zero-order valence-corrected chi connectivity index (χ0v) is 14.3. The van der Waals surface area contributed by atoms with Crippen LogP contribution in [-0.4, -0.2) is 15.9 Å². The van der Waals surface area contributed by atoms with Crippen LogP contribution in [0.3, 0.4) is 0 Å². The van der Waals surface area contributed by atoms with Gasteiger partial charge in [-0.05, 0) is 36.8 Å². The van der Waals surface area contributed by atoms with E-state index >= 15 is 0 Å². The lowest BCUT2D eigenvalue weighted by molar-refractivity contribution is -0.121. The molecule has 3 aromatic rings. The second kappa shape index (κ2) is 7.62. The fraction of sp³-hybridized carbons (Fsp3) is 0.200. The molecule has 0 fully saturated rings. The van der Waals surface area contributed by atoms with Crippen molar-refractivity contribution in [3.63, 3.8) is 0 Å². The van der Waals surface area contributed by atoms with Gasteiger partial charge in [0.25, 0.3) is 5.56 Å². The summed E-state index contributed by atoms with van der Waals surface area (Å²) in [6, 6.07) is 16.1. The van der Waals surface area contributed by atoms with E-state index in [0.29, 0.717) is 28.7 Å². The number of amides is 1. The van der Waals surface area contributed by atoms with Gasteiger partial charge in [0.15, 0.2) is 0 Å². The quantitative estimate of drug-likeness (QED) is 0.742. The van der Waals surface area contributed by atoms with E-state index in [-0.39, 0.29) is 23.9 Å². The Kier molecular flexibility index (Phi) is 5.09. The molecule has 2 aromatic carbocycles. The molecule has 6 nitrogen and oxygen atoms in total. The number of hydrogen-bond donors (Lipinski definition) is 2. The van der Waals surface area contributed by atoms with Gasteiger partial charge in [-0.1, -0.05) is 24.3 Å². The Morgan fingerprint density at radius 2 is 1.96 bits per heavy atom. The van der Waals surface area contributed by atoms with Crippen LogP contribution in [0.1, 0.15) is 36.3 Å². The number of benzene rings is 2. The van der Waals surface area contributed by atoms with Crippen molar-refractivity contribution < 1.29 is 4.79 Å². The molecule has 6 heteroatoms. The van der Waals surface area contributed by atoms with Crippen LogP contribution in [-0.2, 0) is 11.2 Å². The maximum atomic E-state index is 12.2. The van der Waals surface area contributed by atoms with E-state index in [9.17, 15) is 9.59 Å². The maximum absolute atomic E-state index is 12.2. The van der Waals surface area contributed by atoms with E-state index < -0.39 is 0 Å². The van der Waals surface area contributed by atoms with Gasteiger partial charge in [-0.25, -0.2) is 4.98 Å². The highest BCUT2D eigenvalue weighted by Gasteiger charge is 2.11. The first kappa shape index (κ1) is 17.4. The summed E-state index contributed by atoms with van der Waals surface area (Å²) >= 11 is 0. The summed E-state index contributed by atoms with van der Waals surface area (Å²) in [5, 5.41) is 12.3. The molecule has 1 aromatic heterocycles. The van der Waals surface area contributed by atoms with Gasteiger partial charge >= 0.3 is 0 Å². The number of aromatic amines is 1. The Morgan fingerprint density at radius 3 is 2.69 bits per heavy atom. The molecule has 0 radical (unpaired) electrons. The van der Waals surface area contributed by atoms with Crippen molar-refractivity contribution in [2.45, 2.75) is 25.8 Å². The summed E-state index contributed by atoms with van der Waals surface area (Å²) < 4.78 is 0. The summed E-state index contributed by atoms with van der Waals surface area (Å²) in [7, 11) is 0. The van der Waals surface area contributed by atoms with Gasteiger partial charge in [0.2, 0.25) is 5.91 Å². The van der Waals surface area contributed by atoms with Crippen LogP contribution in [0.25, 0.3) is 10.9 Å². The lowest BCUT2D eigenvalue weighted by atomic mass is 10.1. The molecule has 1 unspecified atom stereocenters. The Morgan fingerprint density at radius 1 is 1.23 bits per heavy atom. The minimum atomic E-state index is -0.197. The third-order valence-corrected chi connectivity index (χ3v) is 4.17. The molecule has 26 heavy (non-hydrogen) atoms. The second-order valence-corrected chi connectivity index (χ2v) is 6.05. The molecule has 1 amide bonds. The molecular weight excluding hydrogens is 328 g/mol. The molecule has 0 aliphatic heterocycles. The summed E-state index contributed by atoms with van der Waals surface area (Å²) in [5.41, 5.74) is 1.93. The van der Waals surface area contributed by atoms with Crippen LogP contribution >= 0.6 is 0 Å². The number of carbonyl (C=O) groups is 1. The number of H-pyrrole nitrogens is 1. The Bertz CT molecular complexity index is 1030. The Hall–Kier alpha value is -3.46. The van der Waals surface area contributed by atoms with Crippen molar-refractivity contribution in [3.8, 4) is 6.07 Å². The van der Waals surface area contributed by atoms with E-state index in [1.165, 1.54) is 0 Å². The number of nitriles is 1. The Balaban J connectivity index is 1.61. The molecule has 130 valence electrons. The van der Waals surface area contributed by atoms with E-state index in [1.54, 1.807) is 30.3 Å². The smallest absolute Gasteiger partial charge is 0.258 e. The molecule has 2 N–H and O–H groups in total. The van der Waals surface area contributed by atoms with E-state index in [1.807, 2.05) is 25.1 Å². The predicted octanol–water partition coefficient (Wildman–Crippen LogP) is 2.60. The summed E-state index contributed by atoms with van der Waals surface area (Å²) in [4.78, 5) is 31.4. The first-order chi connectivity index (χ1) is 12.6. The van der Waals surface area contributed by atoms with Gasteiger partial charge in [0.1, 0.15) is 5.82 Å². The third-order valence-electron chi connectivity index (χ3n) is 4.17. The molecule has 0 bridgehead atoms. The van der Waals surface area contributed by atoms with Crippen molar-refractivity contribution in [2.75, 3.05) is 0 Å². The zero-order chi connectivity index (χ0) is 18.5. The lowest BCUT2D eigenvalue weighted by Gasteiger charge is -2.14. The minimum absolute atomic E-state index is 0.127. The van der Waals surface area contributed by atoms with Gasteiger partial charge in [0.05, 0.1) is 28.6 Å². The molecule has 0 saturated carbocycles. The van der Waals surface area contributed by atoms with Crippen LogP contribution in [0, 0.1) is 11.3 Å². The largest absolute Gasteiger partial charge is 0.350 e. The molecular formula is C20H18N4O2. The Labute approximate surface area is 150 Å². The number of carbonyl (C=O) groups excluding carboxylic acids is 1. The number of aryl methyl sites for hydroxylation is 1. The average Bonchev–Trinajstić information content (AvgIpc) is 2.66. The number of nitrogens with one attached hydrogen (secondary N) is 2. The van der Waals surface area contributed by atoms with Gasteiger partial charge in [-0.3, -0.25) is 9.59 Å². The number of rotatable bonds is 5. The van der Waals surface area contributed by atoms with Crippen LogP contribution in [0.4, 0.5) is 0 Å². The molecule has 0 spiro atoms. The number of fused-ring (bicyclic) bond motifs is 1. The molecule has 0 saturated heterocycles. The number of para-hydroxylation sites is 1. The van der Waals surface area contributed by atoms with Crippen LogP contribution in [0.5, 0.6) is 0 Å². The van der Waals surface area contributed by atoms with Crippen LogP contribution in [0.2, 0.25) is 0 Å². The van der Waals surface area contributed by atoms with Gasteiger partial charge < -0.3 is 10.3 Å². The van der Waals surface area contributed by atoms with Crippen molar-refractivity contribution in [1.82, 2.24) is 15.3 Å². The maximum Gasteiger partial charge on any atom is 0.258 e. The molecule has 3 rings (SSSR count). The van der Waals surface area contributed by atoms with Crippen LogP contribution < -0.4 is 10.9 Å². The zero-order valence-electron chi connectivity index (χ0n) is 14.3. The summed E-state index contributed by atoms with van der Waals surface area (Å²) in [6.45, 7) is 1.88. The topological polar surface area (TPSA) is 98.6 Å². The predicted molar refractivity (Wildman–Crippen MR) is 98.4 cm³/mol. The summed E-state index contributed by atoms with van der Waals surface area (Å²) in [6.07, 6.45) is 0.577. The average molecular weight is 346 g/mol. The van der Waals surface area contributed by atoms with E-state index in [4.69, 9.17) is 5.26 Å². The molecule has 1 atom stereocenters. The minimum Gasteiger partial charge on any atom is -0.350 e. The standard InChI is InChI=1S/C20H18N4O2/c1-13(15-8-6-14(12-21)7-9-15)22-19(25)11-10-18-23-17-5-3-2-4-16(17)20(26)24-18/h2-9,13H,10-11H2,1H3,(H,22,25)(H,23,24,26). The highest BCUT2D eigenvalue weighted by molar-refractivity contribution is 5.78. The summed E-state index contributed by atoms with van der Waals surface area (Å²) in [5.74, 6) is 0.368. The van der Waals surface area contributed by atoms with Gasteiger partial charge in [-0.15, -0.1) is 0 Å². The first-order valence-electron chi connectivity index (χ1n) is 8.34. The van der Waals surface area contributed by atoms with Crippen molar-refractivity contribution in [3.05, 3.63) is 75.8 Å². The van der Waals surface area contributed by atoms with Crippen molar-refractivity contribution in [1.29, 1.82) is 5.26 Å². The monoisotopic (exact) mass is 346 g/mol. The van der Waals surface area contributed by atoms with Gasteiger partial charge in [-0.2, -0.15) is 5.26 Å². The molecule has 0 aliphatic carbocycles. The van der Waals surface area contributed by atoms with Crippen molar-refractivity contribution in [2.24, 2.45) is 0 Å². The van der Waals surface area contributed by atoms with Crippen molar-refractivity contribution >= 4 is 16.8 Å². The highest BCUT2D eigenvalue weighted by atomic mass is 16.1. The fourth-order valence-electron chi connectivity index (χ4n) is 2.73. The molecule has 0 aliphatic rings. The first-order valence-corrected chi connectivity index (χ1v) is 8.34. The highest BCUT2D eigenvalue weighted by Crippen LogP contribution is 2.13. The van der Waals surface area contributed by atoms with E-state index in [0.717, 1.165) is 5.56 Å².